The van der Waals surface area contributed by atoms with Crippen molar-refractivity contribution in [3.63, 3.8) is 0 Å². The lowest BCUT2D eigenvalue weighted by Gasteiger charge is -2.07. The van der Waals surface area contributed by atoms with Crippen molar-refractivity contribution in [2.45, 2.75) is 13.8 Å². The second-order valence-electron chi connectivity index (χ2n) is 6.10. The third kappa shape index (κ3) is 2.59. The number of para-hydroxylation sites is 1. The smallest absolute Gasteiger partial charge is 0.281 e. The molecule has 26 heavy (non-hydrogen) atoms. The molecule has 0 amide bonds. The van der Waals surface area contributed by atoms with Gasteiger partial charge in [-0.3, -0.25) is 14.5 Å². The minimum atomic E-state index is -0.0501. The molecule has 0 N–H and O–H groups in total. The predicted octanol–water partition coefficient (Wildman–Crippen LogP) is 3.98. The standard InChI is InChI=1S/C20H18N4OS/c1-13-17(20(25)24(23(13)3)16-7-5-4-6-8-16)18-14(2)26-19(22-18)15-9-11-21-12-10-15/h4-12H,1-3H3. The Morgan fingerprint density at radius 2 is 1.69 bits per heavy atom. The highest BCUT2D eigenvalue weighted by Gasteiger charge is 2.22. The first kappa shape index (κ1) is 16.5. The second-order valence-corrected chi connectivity index (χ2v) is 7.30. The van der Waals surface area contributed by atoms with E-state index in [-0.39, 0.29) is 5.56 Å². The number of hydrogen-bond acceptors (Lipinski definition) is 4. The van der Waals surface area contributed by atoms with Gasteiger partial charge in [0.25, 0.3) is 5.56 Å². The van der Waals surface area contributed by atoms with E-state index < -0.39 is 0 Å². The van der Waals surface area contributed by atoms with Crippen LogP contribution < -0.4 is 5.56 Å². The number of aryl methyl sites for hydroxylation is 1. The molecule has 6 heteroatoms. The van der Waals surface area contributed by atoms with Crippen molar-refractivity contribution >= 4 is 11.3 Å². The Bertz CT molecular complexity index is 1120. The number of thiazole rings is 1. The molecule has 0 bridgehead atoms. The summed E-state index contributed by atoms with van der Waals surface area (Å²) >= 11 is 1.59. The highest BCUT2D eigenvalue weighted by Crippen LogP contribution is 2.33. The van der Waals surface area contributed by atoms with Crippen LogP contribution in [0.1, 0.15) is 10.6 Å². The van der Waals surface area contributed by atoms with Crippen LogP contribution in [0.2, 0.25) is 0 Å². The van der Waals surface area contributed by atoms with Crippen LogP contribution in [-0.2, 0) is 7.05 Å². The fourth-order valence-corrected chi connectivity index (χ4v) is 4.01. The van der Waals surface area contributed by atoms with E-state index in [0.29, 0.717) is 5.56 Å². The van der Waals surface area contributed by atoms with Gasteiger partial charge in [0, 0.05) is 35.6 Å². The Morgan fingerprint density at radius 3 is 2.38 bits per heavy atom. The van der Waals surface area contributed by atoms with Gasteiger partial charge in [0.05, 0.1) is 16.9 Å². The molecule has 130 valence electrons. The zero-order valence-corrected chi connectivity index (χ0v) is 15.6. The van der Waals surface area contributed by atoms with Gasteiger partial charge in [-0.1, -0.05) is 18.2 Å². The summed E-state index contributed by atoms with van der Waals surface area (Å²) in [6.07, 6.45) is 3.50. The number of pyridine rings is 1. The number of hydrogen-bond donors (Lipinski definition) is 0. The van der Waals surface area contributed by atoms with E-state index in [1.165, 1.54) is 0 Å². The highest BCUT2D eigenvalue weighted by atomic mass is 32.1. The Hall–Kier alpha value is -2.99. The molecule has 0 saturated carbocycles. The minimum absolute atomic E-state index is 0.0501. The Morgan fingerprint density at radius 1 is 1.00 bits per heavy atom. The lowest BCUT2D eigenvalue weighted by atomic mass is 10.1. The molecule has 0 aliphatic carbocycles. The van der Waals surface area contributed by atoms with E-state index in [1.807, 2.05) is 68.0 Å². The van der Waals surface area contributed by atoms with E-state index in [4.69, 9.17) is 4.98 Å². The van der Waals surface area contributed by atoms with Crippen LogP contribution >= 0.6 is 11.3 Å². The van der Waals surface area contributed by atoms with Gasteiger partial charge in [-0.25, -0.2) is 9.67 Å². The maximum atomic E-state index is 13.2. The summed E-state index contributed by atoms with van der Waals surface area (Å²) in [6.45, 7) is 3.97. The zero-order valence-electron chi connectivity index (χ0n) is 14.8. The topological polar surface area (TPSA) is 52.7 Å². The highest BCUT2D eigenvalue weighted by molar-refractivity contribution is 7.15. The molecule has 1 aromatic carbocycles. The maximum Gasteiger partial charge on any atom is 0.281 e. The minimum Gasteiger partial charge on any atom is -0.285 e. The zero-order chi connectivity index (χ0) is 18.3. The molecule has 4 rings (SSSR count). The molecule has 3 heterocycles. The summed E-state index contributed by atoms with van der Waals surface area (Å²) in [4.78, 5) is 23.1. The van der Waals surface area contributed by atoms with Crippen LogP contribution in [0.25, 0.3) is 27.5 Å². The molecule has 3 aromatic heterocycles. The third-order valence-electron chi connectivity index (χ3n) is 4.51. The second kappa shape index (κ2) is 6.38. The molecule has 0 fully saturated rings. The largest absolute Gasteiger partial charge is 0.285 e. The quantitative estimate of drug-likeness (QED) is 0.554. The summed E-state index contributed by atoms with van der Waals surface area (Å²) in [5.41, 5.74) is 4.12. The van der Waals surface area contributed by atoms with Gasteiger partial charge in [-0.05, 0) is 38.1 Å². The first-order valence-electron chi connectivity index (χ1n) is 8.30. The summed E-state index contributed by atoms with van der Waals surface area (Å²) in [6, 6.07) is 13.5. The molecule has 0 aliphatic rings. The van der Waals surface area contributed by atoms with Gasteiger partial charge in [0.2, 0.25) is 0 Å². The van der Waals surface area contributed by atoms with Crippen molar-refractivity contribution in [1.82, 2.24) is 19.3 Å². The van der Waals surface area contributed by atoms with E-state index >= 15 is 0 Å². The average molecular weight is 362 g/mol. The average Bonchev–Trinajstić information content (AvgIpc) is 3.14. The molecule has 0 unspecified atom stereocenters. The lowest BCUT2D eigenvalue weighted by Crippen LogP contribution is -2.20. The molecule has 5 nitrogen and oxygen atoms in total. The number of aromatic nitrogens is 4. The van der Waals surface area contributed by atoms with Crippen molar-refractivity contribution in [3.8, 4) is 27.5 Å². The normalized spacial score (nSPS) is 11.0. The summed E-state index contributed by atoms with van der Waals surface area (Å²) in [5, 5.41) is 0.897. The first-order chi connectivity index (χ1) is 12.6. The number of nitrogens with zero attached hydrogens (tertiary/aromatic N) is 4. The van der Waals surface area contributed by atoms with Crippen LogP contribution in [-0.4, -0.2) is 19.3 Å². The lowest BCUT2D eigenvalue weighted by molar-refractivity contribution is 0.630. The van der Waals surface area contributed by atoms with Crippen LogP contribution in [0.4, 0.5) is 0 Å². The fourth-order valence-electron chi connectivity index (χ4n) is 3.09. The van der Waals surface area contributed by atoms with Gasteiger partial charge < -0.3 is 0 Å². The van der Waals surface area contributed by atoms with Crippen molar-refractivity contribution in [1.29, 1.82) is 0 Å². The fraction of sp³-hybridized carbons (Fsp3) is 0.150. The first-order valence-corrected chi connectivity index (χ1v) is 9.12. The summed E-state index contributed by atoms with van der Waals surface area (Å²) in [7, 11) is 1.90. The van der Waals surface area contributed by atoms with Gasteiger partial charge in [-0.15, -0.1) is 11.3 Å². The number of rotatable bonds is 3. The molecule has 4 aromatic rings. The molecular formula is C20H18N4OS. The molecule has 0 aliphatic heterocycles. The van der Waals surface area contributed by atoms with Crippen LogP contribution in [0.3, 0.4) is 0 Å². The molecule has 0 radical (unpaired) electrons. The Labute approximate surface area is 155 Å². The van der Waals surface area contributed by atoms with Crippen molar-refractivity contribution < 1.29 is 0 Å². The van der Waals surface area contributed by atoms with E-state index in [1.54, 1.807) is 28.4 Å². The van der Waals surface area contributed by atoms with Gasteiger partial charge >= 0.3 is 0 Å². The van der Waals surface area contributed by atoms with Crippen molar-refractivity contribution in [3.05, 3.63) is 75.8 Å². The maximum absolute atomic E-state index is 13.2. The third-order valence-corrected chi connectivity index (χ3v) is 5.53. The summed E-state index contributed by atoms with van der Waals surface area (Å²) in [5.74, 6) is 0. The summed E-state index contributed by atoms with van der Waals surface area (Å²) < 4.78 is 3.58. The van der Waals surface area contributed by atoms with E-state index in [9.17, 15) is 4.79 Å². The molecule has 0 atom stereocenters. The van der Waals surface area contributed by atoms with Gasteiger partial charge in [0.1, 0.15) is 5.01 Å². The van der Waals surface area contributed by atoms with Crippen LogP contribution in [0.15, 0.2) is 59.7 Å². The number of benzene rings is 1. The van der Waals surface area contributed by atoms with Crippen molar-refractivity contribution in [2.75, 3.05) is 0 Å². The molecule has 0 saturated heterocycles. The molecular weight excluding hydrogens is 344 g/mol. The SMILES string of the molecule is Cc1sc(-c2ccncc2)nc1-c1c(C)n(C)n(-c2ccccc2)c1=O. The van der Waals surface area contributed by atoms with E-state index in [0.717, 1.165) is 32.5 Å². The molecule has 0 spiro atoms. The predicted molar refractivity (Wildman–Crippen MR) is 105 cm³/mol. The Balaban J connectivity index is 1.91. The monoisotopic (exact) mass is 362 g/mol. The van der Waals surface area contributed by atoms with E-state index in [2.05, 4.69) is 4.98 Å². The Kier molecular flexibility index (Phi) is 4.05. The van der Waals surface area contributed by atoms with Crippen LogP contribution in [0.5, 0.6) is 0 Å². The van der Waals surface area contributed by atoms with Crippen LogP contribution in [0, 0.1) is 13.8 Å². The van der Waals surface area contributed by atoms with Gasteiger partial charge in [-0.2, -0.15) is 0 Å². The van der Waals surface area contributed by atoms with Gasteiger partial charge in [0.15, 0.2) is 0 Å². The van der Waals surface area contributed by atoms with Crippen molar-refractivity contribution in [2.24, 2.45) is 7.05 Å².